The van der Waals surface area contributed by atoms with Crippen molar-refractivity contribution in [2.24, 2.45) is 17.6 Å². The minimum atomic E-state index is -1.15. The van der Waals surface area contributed by atoms with Gasteiger partial charge in [-0.3, -0.25) is 34.2 Å². The normalized spacial score (nSPS) is 22.1. The number of nitrogens with one attached hydrogen (secondary N) is 9. The van der Waals surface area contributed by atoms with Crippen LogP contribution in [0.4, 0.5) is 20.1 Å². The Morgan fingerprint density at radius 1 is 0.742 bits per heavy atom. The molecule has 0 aromatic heterocycles. The lowest BCUT2D eigenvalue weighted by atomic mass is 9.88. The van der Waals surface area contributed by atoms with E-state index in [1.165, 1.54) is 19.1 Å². The van der Waals surface area contributed by atoms with Gasteiger partial charge >= 0.3 is 18.2 Å². The number of fused-ring (bicyclic) bond motifs is 3. The summed E-state index contributed by atoms with van der Waals surface area (Å²) in [6.45, 7) is 13.2. The van der Waals surface area contributed by atoms with Gasteiger partial charge in [0, 0.05) is 50.5 Å². The van der Waals surface area contributed by atoms with Gasteiger partial charge in [-0.15, -0.1) is 0 Å². The van der Waals surface area contributed by atoms with Crippen molar-refractivity contribution in [1.82, 2.24) is 42.8 Å². The molecule has 3 heterocycles. The predicted molar refractivity (Wildman–Crippen MR) is 346 cm³/mol. The molecule has 25 nitrogen and oxygen atoms in total. The van der Waals surface area contributed by atoms with Gasteiger partial charge in [0.25, 0.3) is 0 Å². The van der Waals surface area contributed by atoms with E-state index in [1.54, 1.807) is 45.0 Å². The number of benzene rings is 3. The van der Waals surface area contributed by atoms with Crippen LogP contribution in [0.5, 0.6) is 0 Å². The summed E-state index contributed by atoms with van der Waals surface area (Å²) in [6.07, 6.45) is 9.48. The van der Waals surface area contributed by atoms with Gasteiger partial charge in [0.2, 0.25) is 35.4 Å². The molecule has 93 heavy (non-hydrogen) atoms. The van der Waals surface area contributed by atoms with Crippen molar-refractivity contribution in [3.8, 4) is 11.1 Å². The molecular weight excluding hydrogens is 1200 g/mol. The van der Waals surface area contributed by atoms with Crippen LogP contribution in [0, 0.1) is 11.8 Å². The number of unbranched alkanes of at least 4 members (excludes halogenated alkanes) is 1. The lowest BCUT2D eigenvalue weighted by Gasteiger charge is -2.39. The number of anilines is 1. The molecule has 3 aromatic carbocycles. The molecule has 25 heteroatoms. The number of carbonyl (C=O) groups excluding carboxylic acids is 9. The smallest absolute Gasteiger partial charge is 0.426 e. The van der Waals surface area contributed by atoms with Crippen LogP contribution in [0.25, 0.3) is 11.1 Å². The molecule has 3 aromatic rings. The second-order valence-electron chi connectivity index (χ2n) is 24.9. The van der Waals surface area contributed by atoms with Crippen molar-refractivity contribution in [3.05, 3.63) is 125 Å². The molecule has 3 aliphatic heterocycles. The molecule has 3 saturated heterocycles. The molecule has 3 fully saturated rings. The summed E-state index contributed by atoms with van der Waals surface area (Å²) < 4.78 is 29.4. The molecule has 1 spiro atoms. The monoisotopic (exact) mass is 1290 g/mol. The number of aliphatic hydroxyl groups excluding tert-OH is 1. The van der Waals surface area contributed by atoms with E-state index >= 15 is 0 Å². The second-order valence-corrected chi connectivity index (χ2v) is 24.9. The van der Waals surface area contributed by atoms with Gasteiger partial charge < -0.3 is 71.7 Å². The first kappa shape index (κ1) is 71.8. The van der Waals surface area contributed by atoms with Gasteiger partial charge in [0.15, 0.2) is 0 Å². The van der Waals surface area contributed by atoms with Crippen molar-refractivity contribution in [3.63, 3.8) is 0 Å². The number of epoxide rings is 1. The molecule has 1 aliphatic carbocycles. The Labute approximate surface area is 543 Å². The standard InChI is InChI=1S/C68H92N10O15/c1-40(2)61(76-63(84)55(72-45(7)80)19-12-13-31-71-66(87)90-38-54-52-17-10-8-15-50(52)51-16-9-11-18-53(51)54)64(85)75-56(20-14-32-70-65(69)86)62(83)73-47-26-24-46(25-27-47)37-89-67(88)78-77-60(82)34-49-36-68(39-91-68)35-48(93-49)28-21-41(3)22-29-58-42(4)33-57(44(6)92-58)74-59(81)30-23-43(5)79/h8-11,15-18,21-28,30,40,42-44,48-49,54-58,61,79H,12-14,19-20,29,31-39H2,1-7H3,(H,71,87)(H,72,80)(H,73,83)(H,74,81)(H,75,85)(H,76,84)(H,77,82)(H,78,88)(H3,69,70,86)/b28-21+,30-23-,41-22+/t42-,43-,44+,48+,49+,55-,56-,57+,58-,61-,68+/m0/s1. The molecule has 7 rings (SSSR count). The van der Waals surface area contributed by atoms with E-state index in [9.17, 15) is 48.3 Å². The number of carbonyl (C=O) groups is 9. The van der Waals surface area contributed by atoms with Gasteiger partial charge in [-0.1, -0.05) is 111 Å². The van der Waals surface area contributed by atoms with E-state index in [-0.39, 0.29) is 99.7 Å². The number of hydrogen-bond acceptors (Lipinski definition) is 15. The summed E-state index contributed by atoms with van der Waals surface area (Å²) in [5.74, 6) is -3.51. The Bertz CT molecular complexity index is 3140. The third-order valence-electron chi connectivity index (χ3n) is 16.8. The maximum Gasteiger partial charge on any atom is 0.426 e. The third-order valence-corrected chi connectivity index (χ3v) is 16.8. The van der Waals surface area contributed by atoms with Crippen LogP contribution in [0.1, 0.15) is 135 Å². The number of urea groups is 1. The highest BCUT2D eigenvalue weighted by Crippen LogP contribution is 2.45. The number of amides is 10. The molecule has 0 unspecified atom stereocenters. The number of aliphatic hydroxyl groups is 1. The van der Waals surface area contributed by atoms with Crippen LogP contribution in [0.3, 0.4) is 0 Å². The quantitative estimate of drug-likeness (QED) is 0.0120. The van der Waals surface area contributed by atoms with Gasteiger partial charge in [-0.05, 0) is 118 Å². The van der Waals surface area contributed by atoms with Crippen molar-refractivity contribution in [2.75, 3.05) is 31.6 Å². The minimum Gasteiger partial charge on any atom is -0.449 e. The zero-order valence-corrected chi connectivity index (χ0v) is 54.1. The Hall–Kier alpha value is -8.65. The summed E-state index contributed by atoms with van der Waals surface area (Å²) in [6, 6.07) is 18.2. The maximum absolute atomic E-state index is 14.0. The van der Waals surface area contributed by atoms with E-state index in [4.69, 9.17) is 29.4 Å². The summed E-state index contributed by atoms with van der Waals surface area (Å²) in [5.41, 5.74) is 15.8. The van der Waals surface area contributed by atoms with Gasteiger partial charge in [-0.2, -0.15) is 0 Å². The molecule has 504 valence electrons. The first-order valence-electron chi connectivity index (χ1n) is 32.0. The number of hydrazine groups is 1. The lowest BCUT2D eigenvalue weighted by Crippen LogP contribution is -2.57. The maximum atomic E-state index is 14.0. The summed E-state index contributed by atoms with van der Waals surface area (Å²) in [5, 5.41) is 28.6. The fourth-order valence-electron chi connectivity index (χ4n) is 11.7. The van der Waals surface area contributed by atoms with Gasteiger partial charge in [-0.25, -0.2) is 19.8 Å². The Morgan fingerprint density at radius 2 is 1.41 bits per heavy atom. The van der Waals surface area contributed by atoms with Crippen LogP contribution >= 0.6 is 0 Å². The number of ether oxygens (including phenoxy) is 5. The zero-order valence-electron chi connectivity index (χ0n) is 54.1. The fourth-order valence-corrected chi connectivity index (χ4v) is 11.7. The molecule has 0 radical (unpaired) electrons. The number of primary amides is 1. The number of hydrogen-bond donors (Lipinski definition) is 11. The Morgan fingerprint density at radius 3 is 2.06 bits per heavy atom. The van der Waals surface area contributed by atoms with E-state index in [2.05, 4.69) is 73.2 Å². The highest BCUT2D eigenvalue weighted by atomic mass is 16.6. The summed E-state index contributed by atoms with van der Waals surface area (Å²) in [7, 11) is 0. The van der Waals surface area contributed by atoms with Gasteiger partial charge in [0.05, 0.1) is 55.2 Å². The van der Waals surface area contributed by atoms with Crippen molar-refractivity contribution in [2.45, 2.75) is 185 Å². The van der Waals surface area contributed by atoms with Crippen molar-refractivity contribution >= 4 is 59.3 Å². The highest BCUT2D eigenvalue weighted by Gasteiger charge is 2.51. The largest absolute Gasteiger partial charge is 0.449 e. The summed E-state index contributed by atoms with van der Waals surface area (Å²) >= 11 is 0. The van der Waals surface area contributed by atoms with E-state index < -0.39 is 84.0 Å². The van der Waals surface area contributed by atoms with Crippen LogP contribution in [-0.2, 0) is 59.1 Å². The molecule has 11 atom stereocenters. The molecule has 4 aliphatic rings. The number of nitrogens with two attached hydrogens (primary N) is 1. The minimum absolute atomic E-state index is 0.0343. The third kappa shape index (κ3) is 22.9. The molecule has 0 bridgehead atoms. The first-order chi connectivity index (χ1) is 44.4. The zero-order chi connectivity index (χ0) is 67.2. The Kier molecular flexibility index (Phi) is 26.9. The summed E-state index contributed by atoms with van der Waals surface area (Å²) in [4.78, 5) is 116. The highest BCUT2D eigenvalue weighted by molar-refractivity contribution is 5.99. The number of rotatable bonds is 30. The topological polar surface area (TPSA) is 358 Å². The van der Waals surface area contributed by atoms with Crippen LogP contribution in [-0.4, -0.2) is 145 Å². The fraction of sp³-hybridized carbons (Fsp3) is 0.515. The average Bonchev–Trinajstić information content (AvgIpc) is 1.63. The van der Waals surface area contributed by atoms with Crippen molar-refractivity contribution in [1.29, 1.82) is 0 Å². The molecule has 10 amide bonds. The van der Waals surface area contributed by atoms with E-state index in [0.717, 1.165) is 34.2 Å². The molecule has 12 N–H and O–H groups in total. The lowest BCUT2D eigenvalue weighted by molar-refractivity contribution is -0.133. The number of allylic oxidation sites excluding steroid dienone is 2. The predicted octanol–water partition coefficient (Wildman–Crippen LogP) is 6.00. The van der Waals surface area contributed by atoms with Crippen LogP contribution < -0.4 is 53.8 Å². The van der Waals surface area contributed by atoms with E-state index in [0.29, 0.717) is 50.0 Å². The second kappa shape index (κ2) is 34.9. The molecular formula is C68H92N10O15. The van der Waals surface area contributed by atoms with Gasteiger partial charge in [0.1, 0.15) is 31.3 Å². The van der Waals surface area contributed by atoms with E-state index in [1.807, 2.05) is 62.4 Å². The van der Waals surface area contributed by atoms with Crippen molar-refractivity contribution < 1.29 is 71.9 Å². The van der Waals surface area contributed by atoms with Crippen LogP contribution in [0.15, 0.2) is 109 Å². The SMILES string of the molecule is CC(=O)N[C@@H](CCCCNC(=O)OCC1c2ccccc2-c2ccccc21)C(=O)N[C@H](C(=O)N[C@@H](CCCNC(N)=O)C(=O)Nc1ccc(COC(=O)NNC(=O)C[C@@H]2C[C@@]3(CO3)C[C@@H](/C=C/C(C)=C/C[C@@H]3O[C@H](C)[C@H](NC(=O)/C=C\[C@H](C)O)C[C@@H]3C)O2)cc1)C(C)C. The number of alkyl carbamates (subject to hydrolysis) is 1. The van der Waals surface area contributed by atoms with Crippen LogP contribution in [0.2, 0.25) is 0 Å². The average molecular weight is 1290 g/mol. The first-order valence-corrected chi connectivity index (χ1v) is 32.0. The molecule has 0 saturated carbocycles. The Balaban J connectivity index is 0.820.